The Labute approximate surface area is 173 Å². The molecule has 1 aliphatic rings. The lowest BCUT2D eigenvalue weighted by Gasteiger charge is -2.13. The van der Waals surface area contributed by atoms with Crippen LogP contribution < -0.4 is 5.32 Å². The van der Waals surface area contributed by atoms with Crippen LogP contribution >= 0.6 is 11.8 Å². The molecule has 0 aromatic heterocycles. The van der Waals surface area contributed by atoms with Gasteiger partial charge in [-0.05, 0) is 59.1 Å². The first-order valence-corrected chi connectivity index (χ1v) is 9.84. The molecule has 7 heteroatoms. The molecule has 1 N–H and O–H groups in total. The summed E-state index contributed by atoms with van der Waals surface area (Å²) in [6, 6.07) is 16.1. The molecular weight excluding hydrogens is 386 g/mol. The van der Waals surface area contributed by atoms with E-state index in [4.69, 9.17) is 5.26 Å². The number of carbonyl (C=O) groups is 3. The number of thioether (sulfide) groups is 1. The standard InChI is InChI=1S/C22H19N3O3S/c1-14(2)17-7-9-18(10-8-17)24-20(26)13-25-21(27)19(29-22(25)28)11-15-3-5-16(12-23)6-4-15/h3-11,14H,13H2,1-2H3,(H,24,26)/b19-11+. The van der Waals surface area contributed by atoms with Crippen LogP contribution in [0.15, 0.2) is 53.4 Å². The second kappa shape index (κ2) is 8.76. The molecule has 0 atom stereocenters. The highest BCUT2D eigenvalue weighted by Gasteiger charge is 2.36. The van der Waals surface area contributed by atoms with Crippen LogP contribution in [0.4, 0.5) is 10.5 Å². The Morgan fingerprint density at radius 2 is 1.79 bits per heavy atom. The van der Waals surface area contributed by atoms with E-state index < -0.39 is 17.1 Å². The van der Waals surface area contributed by atoms with Crippen molar-refractivity contribution in [3.63, 3.8) is 0 Å². The third-order valence-corrected chi connectivity index (χ3v) is 5.28. The number of nitrogens with zero attached hydrogens (tertiary/aromatic N) is 2. The van der Waals surface area contributed by atoms with E-state index in [2.05, 4.69) is 19.2 Å². The van der Waals surface area contributed by atoms with Crippen molar-refractivity contribution in [3.05, 3.63) is 70.1 Å². The number of imide groups is 1. The SMILES string of the molecule is CC(C)c1ccc(NC(=O)CN2C(=O)S/C(=C/c3ccc(C#N)cc3)C2=O)cc1. The van der Waals surface area contributed by atoms with Crippen molar-refractivity contribution < 1.29 is 14.4 Å². The third kappa shape index (κ3) is 4.92. The number of hydrogen-bond donors (Lipinski definition) is 1. The summed E-state index contributed by atoms with van der Waals surface area (Å²) < 4.78 is 0. The maximum atomic E-state index is 12.5. The minimum absolute atomic E-state index is 0.244. The van der Waals surface area contributed by atoms with Gasteiger partial charge in [-0.2, -0.15) is 5.26 Å². The molecule has 6 nitrogen and oxygen atoms in total. The molecule has 3 amide bonds. The highest BCUT2D eigenvalue weighted by Crippen LogP contribution is 2.32. The second-order valence-corrected chi connectivity index (χ2v) is 7.82. The Kier molecular flexibility index (Phi) is 6.15. The molecule has 0 spiro atoms. The zero-order valence-corrected chi connectivity index (χ0v) is 16.8. The smallest absolute Gasteiger partial charge is 0.294 e. The monoisotopic (exact) mass is 405 g/mol. The van der Waals surface area contributed by atoms with Crippen LogP contribution in [0.3, 0.4) is 0 Å². The summed E-state index contributed by atoms with van der Waals surface area (Å²) in [7, 11) is 0. The lowest BCUT2D eigenvalue weighted by molar-refractivity contribution is -0.127. The lowest BCUT2D eigenvalue weighted by Crippen LogP contribution is -2.36. The largest absolute Gasteiger partial charge is 0.325 e. The van der Waals surface area contributed by atoms with Crippen LogP contribution in [0.5, 0.6) is 0 Å². The molecule has 1 saturated heterocycles. The summed E-state index contributed by atoms with van der Waals surface area (Å²) in [5.74, 6) is -0.559. The van der Waals surface area contributed by atoms with E-state index >= 15 is 0 Å². The van der Waals surface area contributed by atoms with Gasteiger partial charge in [-0.1, -0.05) is 38.1 Å². The van der Waals surface area contributed by atoms with Gasteiger partial charge in [0.15, 0.2) is 0 Å². The van der Waals surface area contributed by atoms with Crippen LogP contribution in [0.2, 0.25) is 0 Å². The zero-order valence-electron chi connectivity index (χ0n) is 16.0. The Morgan fingerprint density at radius 1 is 1.14 bits per heavy atom. The molecule has 1 fully saturated rings. The van der Waals surface area contributed by atoms with Crippen molar-refractivity contribution in [2.24, 2.45) is 0 Å². The highest BCUT2D eigenvalue weighted by atomic mass is 32.2. The summed E-state index contributed by atoms with van der Waals surface area (Å²) in [6.45, 7) is 3.82. The predicted octanol–water partition coefficient (Wildman–Crippen LogP) is 4.36. The summed E-state index contributed by atoms with van der Waals surface area (Å²) >= 11 is 0.794. The zero-order chi connectivity index (χ0) is 21.0. The minimum Gasteiger partial charge on any atom is -0.325 e. The molecule has 0 aliphatic carbocycles. The van der Waals surface area contributed by atoms with Crippen molar-refractivity contribution in [2.45, 2.75) is 19.8 Å². The molecule has 0 saturated carbocycles. The van der Waals surface area contributed by atoms with Gasteiger partial charge >= 0.3 is 0 Å². The van der Waals surface area contributed by atoms with E-state index in [0.717, 1.165) is 22.2 Å². The quantitative estimate of drug-likeness (QED) is 0.747. The van der Waals surface area contributed by atoms with E-state index in [1.807, 2.05) is 18.2 Å². The fraction of sp³-hybridized carbons (Fsp3) is 0.182. The molecule has 146 valence electrons. The fourth-order valence-electron chi connectivity index (χ4n) is 2.74. The maximum absolute atomic E-state index is 12.5. The van der Waals surface area contributed by atoms with Crippen LogP contribution in [0, 0.1) is 11.3 Å². The normalized spacial score (nSPS) is 15.1. The van der Waals surface area contributed by atoms with Crippen molar-refractivity contribution in [2.75, 3.05) is 11.9 Å². The highest BCUT2D eigenvalue weighted by molar-refractivity contribution is 8.18. The van der Waals surface area contributed by atoms with Crippen molar-refractivity contribution in [1.29, 1.82) is 5.26 Å². The average Bonchev–Trinajstić information content (AvgIpc) is 2.96. The van der Waals surface area contributed by atoms with E-state index in [9.17, 15) is 14.4 Å². The first-order valence-electron chi connectivity index (χ1n) is 9.02. The lowest BCUT2D eigenvalue weighted by atomic mass is 10.0. The molecule has 0 bridgehead atoms. The number of rotatable bonds is 5. The van der Waals surface area contributed by atoms with E-state index in [-0.39, 0.29) is 11.4 Å². The Hall–Kier alpha value is -3.37. The van der Waals surface area contributed by atoms with E-state index in [1.165, 1.54) is 0 Å². The average molecular weight is 405 g/mol. The second-order valence-electron chi connectivity index (χ2n) is 6.83. The Bertz CT molecular complexity index is 1020. The van der Waals surface area contributed by atoms with Gasteiger partial charge in [0.1, 0.15) is 6.54 Å². The van der Waals surface area contributed by atoms with E-state index in [0.29, 0.717) is 22.7 Å². The van der Waals surface area contributed by atoms with Gasteiger partial charge in [0.2, 0.25) is 5.91 Å². The number of hydrogen-bond acceptors (Lipinski definition) is 5. The summed E-state index contributed by atoms with van der Waals surface area (Å²) in [5.41, 5.74) is 2.97. The van der Waals surface area contributed by atoms with Crippen LogP contribution in [0.1, 0.15) is 36.5 Å². The number of nitriles is 1. The van der Waals surface area contributed by atoms with Gasteiger partial charge in [0.25, 0.3) is 11.1 Å². The van der Waals surface area contributed by atoms with Crippen LogP contribution in [0.25, 0.3) is 6.08 Å². The van der Waals surface area contributed by atoms with Gasteiger partial charge in [-0.3, -0.25) is 19.3 Å². The van der Waals surface area contributed by atoms with E-state index in [1.54, 1.807) is 42.5 Å². The maximum Gasteiger partial charge on any atom is 0.294 e. The fourth-order valence-corrected chi connectivity index (χ4v) is 3.58. The number of nitrogens with one attached hydrogen (secondary N) is 1. The summed E-state index contributed by atoms with van der Waals surface area (Å²) in [6.07, 6.45) is 1.58. The Morgan fingerprint density at radius 3 is 2.38 bits per heavy atom. The van der Waals surface area contributed by atoms with Crippen LogP contribution in [-0.2, 0) is 9.59 Å². The molecule has 3 rings (SSSR count). The first kappa shape index (κ1) is 20.4. The van der Waals surface area contributed by atoms with Gasteiger partial charge in [0, 0.05) is 5.69 Å². The van der Waals surface area contributed by atoms with Gasteiger partial charge in [0.05, 0.1) is 16.5 Å². The molecule has 1 heterocycles. The predicted molar refractivity (Wildman–Crippen MR) is 113 cm³/mol. The number of carbonyl (C=O) groups excluding carboxylic acids is 3. The molecule has 2 aromatic rings. The number of amides is 3. The summed E-state index contributed by atoms with van der Waals surface area (Å²) in [4.78, 5) is 38.2. The summed E-state index contributed by atoms with van der Waals surface area (Å²) in [5, 5.41) is 11.1. The first-order chi connectivity index (χ1) is 13.9. The van der Waals surface area contributed by atoms with Crippen molar-refractivity contribution >= 4 is 40.6 Å². The molecule has 2 aromatic carbocycles. The van der Waals surface area contributed by atoms with Gasteiger partial charge in [-0.15, -0.1) is 0 Å². The molecule has 29 heavy (non-hydrogen) atoms. The third-order valence-electron chi connectivity index (χ3n) is 4.37. The van der Waals surface area contributed by atoms with Crippen molar-refractivity contribution in [1.82, 2.24) is 4.90 Å². The number of anilines is 1. The van der Waals surface area contributed by atoms with Crippen molar-refractivity contribution in [3.8, 4) is 6.07 Å². The molecule has 0 unspecified atom stereocenters. The van der Waals surface area contributed by atoms with Crippen LogP contribution in [-0.4, -0.2) is 28.5 Å². The molecule has 0 radical (unpaired) electrons. The molecular formula is C22H19N3O3S. The number of benzene rings is 2. The Balaban J connectivity index is 1.65. The molecule has 1 aliphatic heterocycles. The minimum atomic E-state index is -0.505. The van der Waals surface area contributed by atoms with Gasteiger partial charge < -0.3 is 5.32 Å². The van der Waals surface area contributed by atoms with Gasteiger partial charge in [-0.25, -0.2) is 0 Å². The topological polar surface area (TPSA) is 90.3 Å².